The van der Waals surface area contributed by atoms with Crippen LogP contribution in [0.15, 0.2) is 34.7 Å². The van der Waals surface area contributed by atoms with E-state index >= 15 is 0 Å². The van der Waals surface area contributed by atoms with Crippen LogP contribution in [0.4, 0.5) is 0 Å². The molecule has 0 aliphatic heterocycles. The zero-order valence-corrected chi connectivity index (χ0v) is 15.5. The fourth-order valence-electron chi connectivity index (χ4n) is 3.10. The van der Waals surface area contributed by atoms with Gasteiger partial charge in [-0.2, -0.15) is 8.75 Å². The van der Waals surface area contributed by atoms with Crippen molar-refractivity contribution in [3.63, 3.8) is 0 Å². The average Bonchev–Trinajstić information content (AvgIpc) is 2.84. The second-order valence-electron chi connectivity index (χ2n) is 6.93. The molecule has 128 valence electrons. The van der Waals surface area contributed by atoms with E-state index in [1.165, 1.54) is 6.07 Å². The number of fused-ring (bicyclic) bond motifs is 1. The van der Waals surface area contributed by atoms with E-state index in [0.717, 1.165) is 17.3 Å². The highest BCUT2D eigenvalue weighted by atomic mass is 32.2. The predicted octanol–water partition coefficient (Wildman–Crippen LogP) is 2.73. The lowest BCUT2D eigenvalue weighted by atomic mass is 10.1. The Morgan fingerprint density at radius 2 is 2.00 bits per heavy atom. The molecule has 0 unspecified atom stereocenters. The summed E-state index contributed by atoms with van der Waals surface area (Å²) in [6.07, 6.45) is 2.03. The highest BCUT2D eigenvalue weighted by Gasteiger charge is 2.60. The third-order valence-electron chi connectivity index (χ3n) is 4.48. The quantitative estimate of drug-likeness (QED) is 0.842. The number of aromatic nitrogens is 2. The van der Waals surface area contributed by atoms with E-state index in [2.05, 4.69) is 13.5 Å². The van der Waals surface area contributed by atoms with Gasteiger partial charge in [0.05, 0.1) is 17.6 Å². The Balaban J connectivity index is 1.87. The van der Waals surface area contributed by atoms with Gasteiger partial charge in [0, 0.05) is 0 Å². The molecule has 8 heteroatoms. The molecule has 1 aromatic heterocycles. The number of nitrogens with zero attached hydrogens (tertiary/aromatic N) is 2. The van der Waals surface area contributed by atoms with Gasteiger partial charge in [-0.1, -0.05) is 31.6 Å². The molecule has 1 heterocycles. The summed E-state index contributed by atoms with van der Waals surface area (Å²) >= 11 is 0.943. The smallest absolute Gasteiger partial charge is 0.266 e. The summed E-state index contributed by atoms with van der Waals surface area (Å²) in [5.41, 5.74) is 1.66. The highest BCUT2D eigenvalue weighted by Crippen LogP contribution is 2.59. The van der Waals surface area contributed by atoms with Crippen LogP contribution in [0.5, 0.6) is 0 Å². The molecule has 6 nitrogen and oxygen atoms in total. The first-order chi connectivity index (χ1) is 11.1. The van der Waals surface area contributed by atoms with Crippen LogP contribution in [0.2, 0.25) is 0 Å². The van der Waals surface area contributed by atoms with Crippen LogP contribution in [0.1, 0.15) is 27.7 Å². The SMILES string of the molecule is CC(C)=C[C@@H]1[C@@H](C(=O)NS(=O)(=O)c2cccc3nsnc23)C1(C)C. The minimum Gasteiger partial charge on any atom is -0.274 e. The first-order valence-corrected chi connectivity index (χ1v) is 9.79. The lowest BCUT2D eigenvalue weighted by molar-refractivity contribution is -0.121. The molecule has 0 bridgehead atoms. The zero-order valence-electron chi connectivity index (χ0n) is 13.9. The molecule has 0 radical (unpaired) electrons. The third kappa shape index (κ3) is 2.84. The number of carbonyl (C=O) groups excluding carboxylic acids is 1. The molecule has 0 spiro atoms. The van der Waals surface area contributed by atoms with Crippen molar-refractivity contribution in [2.45, 2.75) is 32.6 Å². The van der Waals surface area contributed by atoms with Crippen LogP contribution < -0.4 is 4.72 Å². The Kier molecular flexibility index (Phi) is 4.00. The van der Waals surface area contributed by atoms with Gasteiger partial charge < -0.3 is 0 Å². The van der Waals surface area contributed by atoms with Crippen molar-refractivity contribution >= 4 is 38.7 Å². The lowest BCUT2D eigenvalue weighted by Gasteiger charge is -2.08. The fourth-order valence-corrected chi connectivity index (χ4v) is 4.87. The maximum Gasteiger partial charge on any atom is 0.266 e. The first kappa shape index (κ1) is 17.0. The van der Waals surface area contributed by atoms with E-state index < -0.39 is 15.9 Å². The molecule has 24 heavy (non-hydrogen) atoms. The largest absolute Gasteiger partial charge is 0.274 e. The van der Waals surface area contributed by atoms with Crippen molar-refractivity contribution in [1.29, 1.82) is 0 Å². The molecular formula is C16H19N3O3S2. The van der Waals surface area contributed by atoms with Crippen LogP contribution in [-0.2, 0) is 14.8 Å². The molecule has 1 N–H and O–H groups in total. The second-order valence-corrected chi connectivity index (χ2v) is 9.11. The fraction of sp³-hybridized carbons (Fsp3) is 0.438. The Bertz CT molecular complexity index is 940. The minimum atomic E-state index is -3.98. The lowest BCUT2D eigenvalue weighted by Crippen LogP contribution is -2.33. The van der Waals surface area contributed by atoms with Gasteiger partial charge >= 0.3 is 0 Å². The summed E-state index contributed by atoms with van der Waals surface area (Å²) in [5.74, 6) is -0.771. The van der Waals surface area contributed by atoms with Gasteiger partial charge in [0.25, 0.3) is 10.0 Å². The number of amides is 1. The Hall–Kier alpha value is -1.80. The van der Waals surface area contributed by atoms with Crippen molar-refractivity contribution in [1.82, 2.24) is 13.5 Å². The van der Waals surface area contributed by atoms with Crippen LogP contribution >= 0.6 is 11.7 Å². The summed E-state index contributed by atoms with van der Waals surface area (Å²) in [5, 5.41) is 0. The second kappa shape index (κ2) is 5.63. The van der Waals surface area contributed by atoms with Crippen molar-refractivity contribution in [3.05, 3.63) is 29.8 Å². The molecular weight excluding hydrogens is 346 g/mol. The molecule has 1 fully saturated rings. The minimum absolute atomic E-state index is 0.0145. The number of hydrogen-bond acceptors (Lipinski definition) is 6. The van der Waals surface area contributed by atoms with E-state index in [1.54, 1.807) is 12.1 Å². The van der Waals surface area contributed by atoms with Crippen LogP contribution in [-0.4, -0.2) is 23.1 Å². The van der Waals surface area contributed by atoms with E-state index in [4.69, 9.17) is 0 Å². The van der Waals surface area contributed by atoms with Gasteiger partial charge in [0.1, 0.15) is 15.9 Å². The molecule has 0 saturated heterocycles. The molecule has 1 amide bonds. The molecule has 1 saturated carbocycles. The van der Waals surface area contributed by atoms with Gasteiger partial charge in [0.15, 0.2) is 0 Å². The van der Waals surface area contributed by atoms with E-state index in [1.807, 2.05) is 33.8 Å². The summed E-state index contributed by atoms with van der Waals surface area (Å²) in [6, 6.07) is 4.72. The zero-order chi connectivity index (χ0) is 17.7. The molecule has 1 aliphatic carbocycles. The number of hydrogen-bond donors (Lipinski definition) is 1. The molecule has 3 rings (SSSR count). The molecule has 1 aromatic carbocycles. The standard InChI is InChI=1S/C16H19N3O3S2/c1-9(2)8-10-13(16(10,3)4)15(20)19-24(21,22)12-7-5-6-11-14(12)18-23-17-11/h5-8,10,13H,1-4H3,(H,19,20)/t10-,13+/m1/s1. The van der Waals surface area contributed by atoms with Crippen LogP contribution in [0.3, 0.4) is 0 Å². The van der Waals surface area contributed by atoms with E-state index in [-0.39, 0.29) is 22.1 Å². The number of rotatable bonds is 4. The normalized spacial score (nSPS) is 22.2. The van der Waals surface area contributed by atoms with Gasteiger partial charge in [-0.15, -0.1) is 0 Å². The monoisotopic (exact) mass is 365 g/mol. The van der Waals surface area contributed by atoms with Crippen LogP contribution in [0, 0.1) is 17.3 Å². The third-order valence-corrected chi connectivity index (χ3v) is 6.40. The molecule has 2 atom stereocenters. The Labute approximate surface area is 145 Å². The highest BCUT2D eigenvalue weighted by molar-refractivity contribution is 7.90. The Morgan fingerprint density at radius 1 is 1.29 bits per heavy atom. The number of benzene rings is 1. The van der Waals surface area contributed by atoms with Crippen LogP contribution in [0.25, 0.3) is 11.0 Å². The van der Waals surface area contributed by atoms with Gasteiger partial charge in [-0.25, -0.2) is 13.1 Å². The van der Waals surface area contributed by atoms with Gasteiger partial charge in [-0.05, 0) is 37.3 Å². The van der Waals surface area contributed by atoms with E-state index in [0.29, 0.717) is 11.0 Å². The molecule has 2 aromatic rings. The van der Waals surface area contributed by atoms with Crippen molar-refractivity contribution in [2.75, 3.05) is 0 Å². The predicted molar refractivity (Wildman–Crippen MR) is 92.9 cm³/mol. The van der Waals surface area contributed by atoms with Crippen molar-refractivity contribution in [3.8, 4) is 0 Å². The summed E-state index contributed by atoms with van der Waals surface area (Å²) in [7, 11) is -3.98. The maximum absolute atomic E-state index is 12.6. The summed E-state index contributed by atoms with van der Waals surface area (Å²) in [6.45, 7) is 7.88. The van der Waals surface area contributed by atoms with Gasteiger partial charge in [0.2, 0.25) is 5.91 Å². The number of nitrogens with one attached hydrogen (secondary N) is 1. The maximum atomic E-state index is 12.6. The summed E-state index contributed by atoms with van der Waals surface area (Å²) < 4.78 is 35.5. The number of carbonyl (C=O) groups is 1. The number of allylic oxidation sites excluding steroid dienone is 2. The first-order valence-electron chi connectivity index (χ1n) is 7.57. The van der Waals surface area contributed by atoms with Gasteiger partial charge in [-0.3, -0.25) is 4.79 Å². The molecule has 1 aliphatic rings. The number of sulfonamides is 1. The van der Waals surface area contributed by atoms with Crippen molar-refractivity contribution < 1.29 is 13.2 Å². The topological polar surface area (TPSA) is 89.0 Å². The average molecular weight is 365 g/mol. The van der Waals surface area contributed by atoms with Crippen molar-refractivity contribution in [2.24, 2.45) is 17.3 Å². The summed E-state index contributed by atoms with van der Waals surface area (Å²) in [4.78, 5) is 12.5. The van der Waals surface area contributed by atoms with E-state index in [9.17, 15) is 13.2 Å². The Morgan fingerprint density at radius 3 is 2.67 bits per heavy atom.